The second kappa shape index (κ2) is 4.60. The fraction of sp³-hybridized carbons (Fsp3) is 0.583. The lowest BCUT2D eigenvalue weighted by Gasteiger charge is -2.07. The van der Waals surface area contributed by atoms with Gasteiger partial charge in [-0.1, -0.05) is 6.92 Å². The van der Waals surface area contributed by atoms with Crippen molar-refractivity contribution in [1.29, 1.82) is 0 Å². The van der Waals surface area contributed by atoms with E-state index in [9.17, 15) is 4.79 Å². The summed E-state index contributed by atoms with van der Waals surface area (Å²) in [5, 5.41) is 0. The van der Waals surface area contributed by atoms with Crippen LogP contribution >= 0.6 is 0 Å². The molecule has 1 aliphatic carbocycles. The number of rotatable bonds is 4. The van der Waals surface area contributed by atoms with Crippen LogP contribution in [0.5, 0.6) is 0 Å². The molecule has 0 amide bonds. The summed E-state index contributed by atoms with van der Waals surface area (Å²) in [5.74, 6) is 1.08. The van der Waals surface area contributed by atoms with Gasteiger partial charge in [0.05, 0.1) is 17.9 Å². The Bertz CT molecular complexity index is 400. The van der Waals surface area contributed by atoms with Crippen molar-refractivity contribution in [3.63, 3.8) is 0 Å². The number of ether oxygens (including phenoxy) is 1. The molecule has 0 spiro atoms. The Morgan fingerprint density at radius 1 is 1.50 bits per heavy atom. The predicted octanol–water partition coefficient (Wildman–Crippen LogP) is 2.09. The molecule has 4 heteroatoms. The van der Waals surface area contributed by atoms with Gasteiger partial charge in [-0.3, -0.25) is 0 Å². The first-order valence-electron chi connectivity index (χ1n) is 5.79. The first kappa shape index (κ1) is 11.0. The molecule has 0 atom stereocenters. The second-order valence-electron chi connectivity index (χ2n) is 3.94. The van der Waals surface area contributed by atoms with Gasteiger partial charge >= 0.3 is 5.97 Å². The summed E-state index contributed by atoms with van der Waals surface area (Å²) in [5.41, 5.74) is 1.31. The molecule has 0 saturated heterocycles. The average Bonchev–Trinajstić information content (AvgIpc) is 3.12. The van der Waals surface area contributed by atoms with Crippen LogP contribution in [0.3, 0.4) is 0 Å². The number of nitrogens with zero attached hydrogens (tertiary/aromatic N) is 2. The zero-order valence-electron chi connectivity index (χ0n) is 9.69. The smallest absolute Gasteiger partial charge is 0.341 e. The van der Waals surface area contributed by atoms with Crippen molar-refractivity contribution in [1.82, 2.24) is 9.97 Å². The minimum atomic E-state index is -0.318. The van der Waals surface area contributed by atoms with E-state index in [4.69, 9.17) is 4.74 Å². The molecule has 1 aromatic heterocycles. The van der Waals surface area contributed by atoms with Crippen LogP contribution in [0.25, 0.3) is 0 Å². The Labute approximate surface area is 95.1 Å². The van der Waals surface area contributed by atoms with E-state index in [-0.39, 0.29) is 5.97 Å². The van der Waals surface area contributed by atoms with Crippen LogP contribution in [-0.2, 0) is 11.2 Å². The van der Waals surface area contributed by atoms with Crippen molar-refractivity contribution in [3.8, 4) is 0 Å². The molecule has 0 N–H and O–H groups in total. The summed E-state index contributed by atoms with van der Waals surface area (Å²) in [6.07, 6.45) is 4.68. The summed E-state index contributed by atoms with van der Waals surface area (Å²) in [6, 6.07) is 0. The number of carbonyl (C=O) groups excluding carboxylic acids is 1. The van der Waals surface area contributed by atoms with Crippen molar-refractivity contribution in [3.05, 3.63) is 23.3 Å². The Balaban J connectivity index is 2.26. The van der Waals surface area contributed by atoms with Crippen molar-refractivity contribution in [2.75, 3.05) is 6.61 Å². The Hall–Kier alpha value is -1.45. The van der Waals surface area contributed by atoms with Gasteiger partial charge in [-0.05, 0) is 26.2 Å². The molecule has 1 saturated carbocycles. The molecule has 4 nitrogen and oxygen atoms in total. The van der Waals surface area contributed by atoms with Gasteiger partial charge in [-0.25, -0.2) is 14.8 Å². The van der Waals surface area contributed by atoms with Crippen LogP contribution in [-0.4, -0.2) is 22.5 Å². The topological polar surface area (TPSA) is 52.1 Å². The molecule has 2 rings (SSSR count). The largest absolute Gasteiger partial charge is 0.462 e. The first-order valence-corrected chi connectivity index (χ1v) is 5.79. The van der Waals surface area contributed by atoms with Gasteiger partial charge in [0, 0.05) is 12.1 Å². The molecule has 1 heterocycles. The highest BCUT2D eigenvalue weighted by molar-refractivity contribution is 5.90. The normalized spacial score (nSPS) is 14.9. The van der Waals surface area contributed by atoms with Gasteiger partial charge in [0.15, 0.2) is 0 Å². The zero-order valence-corrected chi connectivity index (χ0v) is 9.69. The van der Waals surface area contributed by atoms with Crippen molar-refractivity contribution in [2.24, 2.45) is 0 Å². The number of aromatic nitrogens is 2. The summed E-state index contributed by atoms with van der Waals surface area (Å²) in [7, 11) is 0. The van der Waals surface area contributed by atoms with Crippen molar-refractivity contribution in [2.45, 2.75) is 39.0 Å². The highest BCUT2D eigenvalue weighted by atomic mass is 16.5. The third-order valence-electron chi connectivity index (χ3n) is 2.66. The first-order chi connectivity index (χ1) is 7.76. The van der Waals surface area contributed by atoms with Crippen LogP contribution in [0.4, 0.5) is 0 Å². The second-order valence-corrected chi connectivity index (χ2v) is 3.94. The molecule has 16 heavy (non-hydrogen) atoms. The fourth-order valence-electron chi connectivity index (χ4n) is 1.62. The number of carbonyl (C=O) groups is 1. The van der Waals surface area contributed by atoms with Crippen molar-refractivity contribution >= 4 is 5.97 Å². The van der Waals surface area contributed by atoms with Gasteiger partial charge in [0.1, 0.15) is 5.82 Å². The molecule has 0 radical (unpaired) electrons. The van der Waals surface area contributed by atoms with E-state index in [0.717, 1.165) is 17.9 Å². The minimum Gasteiger partial charge on any atom is -0.462 e. The molecule has 0 unspecified atom stereocenters. The highest BCUT2D eigenvalue weighted by Crippen LogP contribution is 2.38. The molecule has 0 aromatic carbocycles. The minimum absolute atomic E-state index is 0.318. The van der Waals surface area contributed by atoms with Gasteiger partial charge in [-0.15, -0.1) is 0 Å². The summed E-state index contributed by atoms with van der Waals surface area (Å²) >= 11 is 0. The van der Waals surface area contributed by atoms with Crippen LogP contribution < -0.4 is 0 Å². The third kappa shape index (κ3) is 2.21. The van der Waals surface area contributed by atoms with Gasteiger partial charge in [0.25, 0.3) is 0 Å². The SMILES string of the molecule is CCOC(=O)c1cnc(C2CC2)nc1CC. The highest BCUT2D eigenvalue weighted by Gasteiger charge is 2.27. The number of esters is 1. The lowest BCUT2D eigenvalue weighted by atomic mass is 10.2. The standard InChI is InChI=1S/C12H16N2O2/c1-3-10-9(12(15)16-4-2)7-13-11(14-10)8-5-6-8/h7-8H,3-6H2,1-2H3. The Kier molecular flexibility index (Phi) is 3.17. The van der Waals surface area contributed by atoms with E-state index < -0.39 is 0 Å². The molecule has 0 aliphatic heterocycles. The molecule has 1 aliphatic rings. The molecule has 0 bridgehead atoms. The number of hydrogen-bond donors (Lipinski definition) is 0. The Morgan fingerprint density at radius 2 is 2.25 bits per heavy atom. The van der Waals surface area contributed by atoms with Crippen LogP contribution in [0.15, 0.2) is 6.20 Å². The van der Waals surface area contributed by atoms with E-state index in [1.165, 1.54) is 12.8 Å². The quantitative estimate of drug-likeness (QED) is 0.729. The molecular formula is C12H16N2O2. The maximum Gasteiger partial charge on any atom is 0.341 e. The molecule has 86 valence electrons. The van der Waals surface area contributed by atoms with Gasteiger partial charge in [-0.2, -0.15) is 0 Å². The maximum atomic E-state index is 11.6. The van der Waals surface area contributed by atoms with E-state index in [1.54, 1.807) is 13.1 Å². The lowest BCUT2D eigenvalue weighted by Crippen LogP contribution is -2.11. The number of hydrogen-bond acceptors (Lipinski definition) is 4. The van der Waals surface area contributed by atoms with Crippen LogP contribution in [0.2, 0.25) is 0 Å². The van der Waals surface area contributed by atoms with E-state index in [2.05, 4.69) is 9.97 Å². The average molecular weight is 220 g/mol. The zero-order chi connectivity index (χ0) is 11.5. The summed E-state index contributed by atoms with van der Waals surface area (Å²) in [6.45, 7) is 4.16. The van der Waals surface area contributed by atoms with Gasteiger partial charge in [0.2, 0.25) is 0 Å². The van der Waals surface area contributed by atoms with E-state index in [1.807, 2.05) is 6.92 Å². The maximum absolute atomic E-state index is 11.6. The molecule has 1 aromatic rings. The van der Waals surface area contributed by atoms with Crippen molar-refractivity contribution < 1.29 is 9.53 Å². The van der Waals surface area contributed by atoms with Crippen LogP contribution in [0, 0.1) is 0 Å². The molecule has 1 fully saturated rings. The number of aryl methyl sites for hydroxylation is 1. The fourth-order valence-corrected chi connectivity index (χ4v) is 1.62. The lowest BCUT2D eigenvalue weighted by molar-refractivity contribution is 0.0524. The monoisotopic (exact) mass is 220 g/mol. The Morgan fingerprint density at radius 3 is 2.81 bits per heavy atom. The molecular weight excluding hydrogens is 204 g/mol. The van der Waals surface area contributed by atoms with E-state index >= 15 is 0 Å². The van der Waals surface area contributed by atoms with Crippen LogP contribution in [0.1, 0.15) is 54.5 Å². The predicted molar refractivity (Wildman–Crippen MR) is 59.3 cm³/mol. The third-order valence-corrected chi connectivity index (χ3v) is 2.66. The van der Waals surface area contributed by atoms with E-state index in [0.29, 0.717) is 18.1 Å². The summed E-state index contributed by atoms with van der Waals surface area (Å²) in [4.78, 5) is 20.3. The van der Waals surface area contributed by atoms with Gasteiger partial charge < -0.3 is 4.74 Å². The summed E-state index contributed by atoms with van der Waals surface area (Å²) < 4.78 is 4.97.